The summed E-state index contributed by atoms with van der Waals surface area (Å²) in [5.41, 5.74) is -0.224. The SMILES string of the molecule is COC(=O)c1cc(OCCCNC(=O)OC(C)(C)C)ccc1OC. The van der Waals surface area contributed by atoms with Gasteiger partial charge in [0.2, 0.25) is 0 Å². The monoisotopic (exact) mass is 339 g/mol. The molecule has 0 heterocycles. The number of esters is 1. The predicted molar refractivity (Wildman–Crippen MR) is 88.7 cm³/mol. The van der Waals surface area contributed by atoms with Crippen molar-refractivity contribution < 1.29 is 28.5 Å². The number of methoxy groups -OCH3 is 2. The number of hydrogen-bond acceptors (Lipinski definition) is 6. The fraction of sp³-hybridized carbons (Fsp3) is 0.529. The zero-order chi connectivity index (χ0) is 18.2. The van der Waals surface area contributed by atoms with Crippen molar-refractivity contribution in [3.05, 3.63) is 23.8 Å². The molecule has 134 valence electrons. The summed E-state index contributed by atoms with van der Waals surface area (Å²) in [5.74, 6) is 0.443. The Kier molecular flexibility index (Phi) is 7.35. The summed E-state index contributed by atoms with van der Waals surface area (Å²) < 4.78 is 20.5. The Hall–Kier alpha value is -2.44. The fourth-order valence-electron chi connectivity index (χ4n) is 1.81. The van der Waals surface area contributed by atoms with Crippen LogP contribution in [0.3, 0.4) is 0 Å². The second-order valence-electron chi connectivity index (χ2n) is 5.98. The summed E-state index contributed by atoms with van der Waals surface area (Å²) in [5, 5.41) is 2.65. The fourth-order valence-corrected chi connectivity index (χ4v) is 1.81. The second kappa shape index (κ2) is 9.00. The lowest BCUT2D eigenvalue weighted by molar-refractivity contribution is 0.0523. The van der Waals surface area contributed by atoms with Crippen LogP contribution in [0.4, 0.5) is 4.79 Å². The largest absolute Gasteiger partial charge is 0.496 e. The highest BCUT2D eigenvalue weighted by Gasteiger charge is 2.16. The van der Waals surface area contributed by atoms with Crippen molar-refractivity contribution in [3.63, 3.8) is 0 Å². The maximum absolute atomic E-state index is 11.7. The summed E-state index contributed by atoms with van der Waals surface area (Å²) in [6, 6.07) is 4.90. The van der Waals surface area contributed by atoms with E-state index in [2.05, 4.69) is 5.32 Å². The van der Waals surface area contributed by atoms with Crippen molar-refractivity contribution in [2.75, 3.05) is 27.4 Å². The molecule has 0 atom stereocenters. The van der Waals surface area contributed by atoms with E-state index in [0.717, 1.165) is 0 Å². The summed E-state index contributed by atoms with van der Waals surface area (Å²) in [6.07, 6.45) is 0.138. The molecule has 7 nitrogen and oxygen atoms in total. The Morgan fingerprint density at radius 2 is 1.88 bits per heavy atom. The van der Waals surface area contributed by atoms with Gasteiger partial charge in [-0.1, -0.05) is 0 Å². The van der Waals surface area contributed by atoms with Gasteiger partial charge in [0.1, 0.15) is 22.7 Å². The first-order chi connectivity index (χ1) is 11.3. The lowest BCUT2D eigenvalue weighted by atomic mass is 10.2. The van der Waals surface area contributed by atoms with E-state index in [4.69, 9.17) is 18.9 Å². The molecule has 1 rings (SSSR count). The molecule has 0 saturated carbocycles. The maximum Gasteiger partial charge on any atom is 0.407 e. The van der Waals surface area contributed by atoms with Crippen LogP contribution in [-0.2, 0) is 9.47 Å². The number of rotatable bonds is 7. The quantitative estimate of drug-likeness (QED) is 0.607. The van der Waals surface area contributed by atoms with Gasteiger partial charge in [-0.3, -0.25) is 0 Å². The number of benzene rings is 1. The molecule has 1 aromatic rings. The van der Waals surface area contributed by atoms with E-state index in [0.29, 0.717) is 36.6 Å². The summed E-state index contributed by atoms with van der Waals surface area (Å²) >= 11 is 0. The van der Waals surface area contributed by atoms with Crippen LogP contribution in [0.25, 0.3) is 0 Å². The van der Waals surface area contributed by atoms with Gasteiger partial charge in [-0.25, -0.2) is 9.59 Å². The predicted octanol–water partition coefficient (Wildman–Crippen LogP) is 2.78. The van der Waals surface area contributed by atoms with E-state index in [1.54, 1.807) is 39.0 Å². The van der Waals surface area contributed by atoms with Crippen LogP contribution in [0.1, 0.15) is 37.6 Å². The highest BCUT2D eigenvalue weighted by molar-refractivity contribution is 5.92. The molecule has 0 aliphatic heterocycles. The molecule has 0 fully saturated rings. The van der Waals surface area contributed by atoms with Gasteiger partial charge in [-0.15, -0.1) is 0 Å². The normalized spacial score (nSPS) is 10.7. The second-order valence-corrected chi connectivity index (χ2v) is 5.98. The zero-order valence-corrected chi connectivity index (χ0v) is 14.8. The van der Waals surface area contributed by atoms with E-state index in [1.807, 2.05) is 0 Å². The average molecular weight is 339 g/mol. The van der Waals surface area contributed by atoms with E-state index >= 15 is 0 Å². The Labute approximate surface area is 142 Å². The van der Waals surface area contributed by atoms with Gasteiger partial charge < -0.3 is 24.3 Å². The van der Waals surface area contributed by atoms with Crippen molar-refractivity contribution in [1.82, 2.24) is 5.32 Å². The molecule has 0 unspecified atom stereocenters. The first-order valence-corrected chi connectivity index (χ1v) is 7.63. The molecule has 1 N–H and O–H groups in total. The van der Waals surface area contributed by atoms with E-state index in [9.17, 15) is 9.59 Å². The Balaban J connectivity index is 2.43. The highest BCUT2D eigenvalue weighted by atomic mass is 16.6. The van der Waals surface area contributed by atoms with E-state index in [-0.39, 0.29) is 0 Å². The molecule has 0 aliphatic carbocycles. The molecule has 7 heteroatoms. The lowest BCUT2D eigenvalue weighted by Gasteiger charge is -2.19. The third-order valence-corrected chi connectivity index (χ3v) is 2.83. The molecule has 0 spiro atoms. The lowest BCUT2D eigenvalue weighted by Crippen LogP contribution is -2.33. The number of alkyl carbamates (subject to hydrolysis) is 1. The number of ether oxygens (including phenoxy) is 4. The molecule has 0 bridgehead atoms. The first-order valence-electron chi connectivity index (χ1n) is 7.63. The summed E-state index contributed by atoms with van der Waals surface area (Å²) in [7, 11) is 2.78. The Bertz CT molecular complexity index is 565. The van der Waals surface area contributed by atoms with Crippen LogP contribution in [0.5, 0.6) is 11.5 Å². The van der Waals surface area contributed by atoms with Crippen LogP contribution < -0.4 is 14.8 Å². The van der Waals surface area contributed by atoms with Gasteiger partial charge >= 0.3 is 12.1 Å². The Morgan fingerprint density at radius 1 is 1.17 bits per heavy atom. The number of carbonyl (C=O) groups excluding carboxylic acids is 2. The smallest absolute Gasteiger partial charge is 0.407 e. The molecule has 0 aliphatic rings. The zero-order valence-electron chi connectivity index (χ0n) is 14.8. The number of amides is 1. The number of nitrogens with one attached hydrogen (secondary N) is 1. The molecule has 1 amide bonds. The third-order valence-electron chi connectivity index (χ3n) is 2.83. The van der Waals surface area contributed by atoms with Gasteiger partial charge in [0.05, 0.1) is 20.8 Å². The minimum Gasteiger partial charge on any atom is -0.496 e. The van der Waals surface area contributed by atoms with Gasteiger partial charge in [0.15, 0.2) is 0 Å². The van der Waals surface area contributed by atoms with Gasteiger partial charge in [0, 0.05) is 6.54 Å². The van der Waals surface area contributed by atoms with Crippen molar-refractivity contribution in [2.45, 2.75) is 32.8 Å². The Morgan fingerprint density at radius 3 is 2.46 bits per heavy atom. The van der Waals surface area contributed by atoms with Gasteiger partial charge in [-0.2, -0.15) is 0 Å². The first kappa shape index (κ1) is 19.6. The van der Waals surface area contributed by atoms with E-state index < -0.39 is 17.7 Å². The summed E-state index contributed by atoms with van der Waals surface area (Å²) in [6.45, 7) is 6.21. The maximum atomic E-state index is 11.7. The number of hydrogen-bond donors (Lipinski definition) is 1. The van der Waals surface area contributed by atoms with Gasteiger partial charge in [0.25, 0.3) is 0 Å². The van der Waals surface area contributed by atoms with Crippen molar-refractivity contribution in [1.29, 1.82) is 0 Å². The molecular weight excluding hydrogens is 314 g/mol. The third kappa shape index (κ3) is 6.76. The van der Waals surface area contributed by atoms with Crippen LogP contribution in [0.2, 0.25) is 0 Å². The van der Waals surface area contributed by atoms with Crippen LogP contribution in [0.15, 0.2) is 18.2 Å². The van der Waals surface area contributed by atoms with Crippen molar-refractivity contribution >= 4 is 12.1 Å². The summed E-state index contributed by atoms with van der Waals surface area (Å²) in [4.78, 5) is 23.2. The van der Waals surface area contributed by atoms with Crippen molar-refractivity contribution in [2.24, 2.45) is 0 Å². The van der Waals surface area contributed by atoms with Crippen LogP contribution in [0, 0.1) is 0 Å². The topological polar surface area (TPSA) is 83.1 Å². The average Bonchev–Trinajstić information content (AvgIpc) is 2.51. The standard InChI is InChI=1S/C17H25NO6/c1-17(2,3)24-16(20)18-9-6-10-23-12-7-8-14(21-4)13(11-12)15(19)22-5/h7-8,11H,6,9-10H2,1-5H3,(H,18,20). The highest BCUT2D eigenvalue weighted by Crippen LogP contribution is 2.24. The van der Waals surface area contributed by atoms with E-state index in [1.165, 1.54) is 14.2 Å². The van der Waals surface area contributed by atoms with Crippen LogP contribution >= 0.6 is 0 Å². The van der Waals surface area contributed by atoms with Gasteiger partial charge in [-0.05, 0) is 45.4 Å². The van der Waals surface area contributed by atoms with Crippen LogP contribution in [-0.4, -0.2) is 45.0 Å². The number of carbonyl (C=O) groups is 2. The molecule has 1 aromatic carbocycles. The molecular formula is C17H25NO6. The minimum absolute atomic E-state index is 0.296. The van der Waals surface area contributed by atoms with Crippen molar-refractivity contribution in [3.8, 4) is 11.5 Å². The molecule has 0 radical (unpaired) electrons. The minimum atomic E-state index is -0.520. The molecule has 0 saturated heterocycles. The molecule has 0 aromatic heterocycles. The molecule has 24 heavy (non-hydrogen) atoms.